The standard InChI is InChI=1S/C30H28N4OS/c1-20-15-16-25-26(17-20)32-30(31-25)36-19-27(35)34-29(22-11-6-3-7-12-22)24-14-8-13-23(28(24)33-34)18-21-9-4-2-5-10-21/h2-7,9-12,15-18,24,29H,8,13-14,19H2,1H3,(H,31,32). The number of imidazole rings is 1. The number of aromatic amines is 1. The van der Waals surface area contributed by atoms with Gasteiger partial charge in [0.15, 0.2) is 5.16 Å². The van der Waals surface area contributed by atoms with Crippen LogP contribution < -0.4 is 0 Å². The van der Waals surface area contributed by atoms with Crippen LogP contribution in [0.2, 0.25) is 0 Å². The highest BCUT2D eigenvalue weighted by Gasteiger charge is 2.43. The maximum atomic E-state index is 13.6. The molecule has 0 saturated heterocycles. The van der Waals surface area contributed by atoms with Crippen LogP contribution >= 0.6 is 11.8 Å². The van der Waals surface area contributed by atoms with Crippen molar-refractivity contribution in [3.05, 3.63) is 101 Å². The van der Waals surface area contributed by atoms with Gasteiger partial charge in [0.1, 0.15) is 0 Å². The Kier molecular flexibility index (Phi) is 6.20. The molecule has 2 heterocycles. The van der Waals surface area contributed by atoms with Crippen LogP contribution in [0.5, 0.6) is 0 Å². The molecule has 1 aliphatic carbocycles. The van der Waals surface area contributed by atoms with E-state index in [1.807, 2.05) is 30.3 Å². The number of hydrazone groups is 1. The molecule has 1 aliphatic heterocycles. The third-order valence-electron chi connectivity index (χ3n) is 6.99. The zero-order chi connectivity index (χ0) is 24.5. The monoisotopic (exact) mass is 492 g/mol. The predicted molar refractivity (Wildman–Crippen MR) is 147 cm³/mol. The minimum absolute atomic E-state index is 0.00597. The average Bonchev–Trinajstić information content (AvgIpc) is 3.50. The number of H-pyrrole nitrogens is 1. The molecule has 4 aromatic rings. The summed E-state index contributed by atoms with van der Waals surface area (Å²) in [5, 5.41) is 7.51. The lowest BCUT2D eigenvalue weighted by atomic mass is 9.77. The fourth-order valence-corrected chi connectivity index (χ4v) is 6.04. The lowest BCUT2D eigenvalue weighted by Gasteiger charge is -2.29. The second kappa shape index (κ2) is 9.78. The predicted octanol–water partition coefficient (Wildman–Crippen LogP) is 6.79. The Morgan fingerprint density at radius 3 is 2.67 bits per heavy atom. The number of thioether (sulfide) groups is 1. The SMILES string of the molecule is Cc1ccc2nc(SCC(=O)N3N=C4C(=Cc5ccccc5)CCCC4C3c3ccccc3)[nH]c2c1. The van der Waals surface area contributed by atoms with Crippen molar-refractivity contribution in [3.8, 4) is 0 Å². The van der Waals surface area contributed by atoms with Gasteiger partial charge < -0.3 is 4.98 Å². The molecular weight excluding hydrogens is 464 g/mol. The number of nitrogens with one attached hydrogen (secondary N) is 1. The Labute approximate surface area is 215 Å². The summed E-state index contributed by atoms with van der Waals surface area (Å²) in [7, 11) is 0. The third kappa shape index (κ3) is 4.49. The molecule has 0 radical (unpaired) electrons. The highest BCUT2D eigenvalue weighted by molar-refractivity contribution is 7.99. The van der Waals surface area contributed by atoms with E-state index in [1.165, 1.54) is 28.5 Å². The molecule has 1 saturated carbocycles. The largest absolute Gasteiger partial charge is 0.333 e. The minimum Gasteiger partial charge on any atom is -0.333 e. The Bertz CT molecular complexity index is 1460. The van der Waals surface area contributed by atoms with Gasteiger partial charge in [-0.05, 0) is 66.7 Å². The summed E-state index contributed by atoms with van der Waals surface area (Å²) in [6, 6.07) is 26.8. The Hall–Kier alpha value is -3.64. The number of amides is 1. The minimum atomic E-state index is -0.0768. The van der Waals surface area contributed by atoms with Crippen LogP contribution in [0.3, 0.4) is 0 Å². The van der Waals surface area contributed by atoms with Crippen LogP contribution in [0.4, 0.5) is 0 Å². The summed E-state index contributed by atoms with van der Waals surface area (Å²) < 4.78 is 0. The lowest BCUT2D eigenvalue weighted by Crippen LogP contribution is -2.32. The van der Waals surface area contributed by atoms with Gasteiger partial charge in [0.05, 0.1) is 28.5 Å². The first-order chi connectivity index (χ1) is 17.7. The van der Waals surface area contributed by atoms with Gasteiger partial charge in [0.25, 0.3) is 5.91 Å². The molecule has 1 aromatic heterocycles. The Morgan fingerprint density at radius 2 is 1.86 bits per heavy atom. The number of rotatable bonds is 5. The van der Waals surface area contributed by atoms with Crippen molar-refractivity contribution in [1.82, 2.24) is 15.0 Å². The number of aryl methyl sites for hydroxylation is 1. The van der Waals surface area contributed by atoms with Gasteiger partial charge in [0, 0.05) is 5.92 Å². The fourth-order valence-electron chi connectivity index (χ4n) is 5.31. The van der Waals surface area contributed by atoms with Crippen LogP contribution in [0.25, 0.3) is 17.1 Å². The first kappa shape index (κ1) is 22.8. The van der Waals surface area contributed by atoms with Crippen LogP contribution in [-0.2, 0) is 4.79 Å². The number of hydrogen-bond acceptors (Lipinski definition) is 4. The second-order valence-corrected chi connectivity index (χ2v) is 10.5. The third-order valence-corrected chi connectivity index (χ3v) is 7.84. The van der Waals surface area contributed by atoms with Crippen LogP contribution in [0.15, 0.2) is 94.7 Å². The van der Waals surface area contributed by atoms with Crippen LogP contribution in [0.1, 0.15) is 42.0 Å². The Balaban J connectivity index is 1.29. The molecule has 2 atom stereocenters. The molecule has 1 amide bonds. The smallest absolute Gasteiger partial charge is 0.253 e. The Morgan fingerprint density at radius 1 is 1.08 bits per heavy atom. The van der Waals surface area contributed by atoms with E-state index in [-0.39, 0.29) is 23.6 Å². The average molecular weight is 493 g/mol. The number of hydrogen-bond donors (Lipinski definition) is 1. The van der Waals surface area contributed by atoms with Gasteiger partial charge in [-0.15, -0.1) is 0 Å². The molecule has 2 aliphatic rings. The first-order valence-electron chi connectivity index (χ1n) is 12.5. The van der Waals surface area contributed by atoms with Crippen molar-refractivity contribution >= 4 is 40.5 Å². The van der Waals surface area contributed by atoms with Crippen LogP contribution in [-0.4, -0.2) is 32.3 Å². The zero-order valence-corrected chi connectivity index (χ0v) is 21.0. The molecule has 1 fully saturated rings. The van der Waals surface area contributed by atoms with E-state index < -0.39 is 0 Å². The topological polar surface area (TPSA) is 61.4 Å². The highest BCUT2D eigenvalue weighted by atomic mass is 32.2. The summed E-state index contributed by atoms with van der Waals surface area (Å²) >= 11 is 1.44. The number of fused-ring (bicyclic) bond motifs is 2. The molecule has 36 heavy (non-hydrogen) atoms. The van der Waals surface area contributed by atoms with Gasteiger partial charge in [-0.1, -0.05) is 78.5 Å². The maximum absolute atomic E-state index is 13.6. The fraction of sp³-hybridized carbons (Fsp3) is 0.233. The van der Waals surface area contributed by atoms with Crippen LogP contribution in [0, 0.1) is 12.8 Å². The molecule has 6 rings (SSSR count). The quantitative estimate of drug-likeness (QED) is 0.312. The molecule has 1 N–H and O–H groups in total. The maximum Gasteiger partial charge on any atom is 0.253 e. The van der Waals surface area contributed by atoms with Crippen molar-refractivity contribution in [1.29, 1.82) is 0 Å². The number of benzene rings is 3. The second-order valence-electron chi connectivity index (χ2n) is 9.51. The van der Waals surface area contributed by atoms with Crippen molar-refractivity contribution in [2.45, 2.75) is 37.4 Å². The number of aromatic nitrogens is 2. The molecule has 180 valence electrons. The van der Waals surface area contributed by atoms with Crippen molar-refractivity contribution in [2.24, 2.45) is 11.0 Å². The summed E-state index contributed by atoms with van der Waals surface area (Å²) in [6.07, 6.45) is 5.36. The van der Waals surface area contributed by atoms with E-state index in [1.54, 1.807) is 5.01 Å². The number of carbonyl (C=O) groups excluding carboxylic acids is 1. The number of nitrogens with zero attached hydrogens (tertiary/aromatic N) is 3. The van der Waals surface area contributed by atoms with Gasteiger partial charge in [-0.3, -0.25) is 4.79 Å². The van der Waals surface area contributed by atoms with Crippen molar-refractivity contribution < 1.29 is 4.79 Å². The zero-order valence-electron chi connectivity index (χ0n) is 20.2. The number of carbonyl (C=O) groups is 1. The van der Waals surface area contributed by atoms with Gasteiger partial charge >= 0.3 is 0 Å². The van der Waals surface area contributed by atoms with Gasteiger partial charge in [0.2, 0.25) is 0 Å². The molecule has 2 unspecified atom stereocenters. The van der Waals surface area contributed by atoms with Crippen molar-refractivity contribution in [2.75, 3.05) is 5.75 Å². The molecule has 6 heteroatoms. The highest BCUT2D eigenvalue weighted by Crippen LogP contribution is 2.44. The summed E-state index contributed by atoms with van der Waals surface area (Å²) in [4.78, 5) is 21.6. The summed E-state index contributed by atoms with van der Waals surface area (Å²) in [6.45, 7) is 2.06. The van der Waals surface area contributed by atoms with E-state index in [0.717, 1.165) is 46.7 Å². The molecule has 0 bridgehead atoms. The van der Waals surface area contributed by atoms with E-state index in [4.69, 9.17) is 5.10 Å². The first-order valence-corrected chi connectivity index (χ1v) is 13.4. The van der Waals surface area contributed by atoms with E-state index in [0.29, 0.717) is 0 Å². The number of allylic oxidation sites excluding steroid dienone is 1. The molecule has 3 aromatic carbocycles. The summed E-state index contributed by atoms with van der Waals surface area (Å²) in [5.74, 6) is 0.495. The summed E-state index contributed by atoms with van der Waals surface area (Å²) in [5.41, 5.74) is 7.72. The van der Waals surface area contributed by atoms with Gasteiger partial charge in [-0.25, -0.2) is 9.99 Å². The molecular formula is C30H28N4OS. The molecule has 0 spiro atoms. The normalized spacial score (nSPS) is 20.5. The van der Waals surface area contributed by atoms with Gasteiger partial charge in [-0.2, -0.15) is 5.10 Å². The van der Waals surface area contributed by atoms with E-state index >= 15 is 0 Å². The lowest BCUT2D eigenvalue weighted by molar-refractivity contribution is -0.130. The van der Waals surface area contributed by atoms with E-state index in [2.05, 4.69) is 71.5 Å². The van der Waals surface area contributed by atoms with E-state index in [9.17, 15) is 4.79 Å². The van der Waals surface area contributed by atoms with Crippen molar-refractivity contribution in [3.63, 3.8) is 0 Å². The molecule has 5 nitrogen and oxygen atoms in total.